The van der Waals surface area contributed by atoms with Gasteiger partial charge in [0.1, 0.15) is 26.3 Å². The van der Waals surface area contributed by atoms with E-state index in [0.717, 1.165) is 35.1 Å². The van der Waals surface area contributed by atoms with Crippen molar-refractivity contribution < 1.29 is 28.0 Å². The number of carbonyl (C=O) groups excluding carboxylic acids is 2. The molecule has 0 saturated carbocycles. The van der Waals surface area contributed by atoms with Gasteiger partial charge >= 0.3 is 11.9 Å². The van der Waals surface area contributed by atoms with Crippen molar-refractivity contribution in [3.63, 3.8) is 0 Å². The van der Waals surface area contributed by atoms with Crippen LogP contribution in [0, 0.1) is 0 Å². The third-order valence-electron chi connectivity index (χ3n) is 9.46. The van der Waals surface area contributed by atoms with Gasteiger partial charge in [-0.3, -0.25) is 0 Å². The third-order valence-corrected chi connectivity index (χ3v) is 9.46. The Bertz CT molecular complexity index is 841. The Morgan fingerprint density at radius 3 is 1.04 bits per heavy atom. The molecule has 46 heavy (non-hydrogen) atoms. The molecule has 1 aromatic carbocycles. The molecule has 0 bridgehead atoms. The second-order valence-corrected chi connectivity index (χ2v) is 14.9. The minimum atomic E-state index is -0.455. The highest BCUT2D eigenvalue weighted by atomic mass is 16.5. The summed E-state index contributed by atoms with van der Waals surface area (Å²) in [5.41, 5.74) is 0.568. The highest BCUT2D eigenvalue weighted by Crippen LogP contribution is 2.15. The molecule has 6 heteroatoms. The van der Waals surface area contributed by atoms with Crippen LogP contribution in [0.5, 0.6) is 0 Å². The number of likely N-dealkylation sites (N-methyl/N-ethyl adjacent to an activating group) is 2. The van der Waals surface area contributed by atoms with Gasteiger partial charge in [0, 0.05) is 0 Å². The van der Waals surface area contributed by atoms with E-state index in [1.165, 1.54) is 128 Å². The molecule has 0 heterocycles. The van der Waals surface area contributed by atoms with Gasteiger partial charge in [0.05, 0.1) is 52.4 Å². The van der Waals surface area contributed by atoms with E-state index in [4.69, 9.17) is 9.47 Å². The van der Waals surface area contributed by atoms with Crippen LogP contribution in [0.2, 0.25) is 0 Å². The SMILES string of the molecule is CCCCCCCCCCCC[N+](C)(C)CCOC(=O)c1ccccc1C(=O)OCC[N+](C)(C)CCCCCCCCCCCC. The number of benzene rings is 1. The molecule has 0 amide bonds. The molecule has 0 spiro atoms. The molecule has 0 saturated heterocycles. The second kappa shape index (κ2) is 26.1. The van der Waals surface area contributed by atoms with Gasteiger partial charge in [-0.15, -0.1) is 0 Å². The third kappa shape index (κ3) is 21.8. The van der Waals surface area contributed by atoms with Crippen molar-refractivity contribution in [3.8, 4) is 0 Å². The summed E-state index contributed by atoms with van der Waals surface area (Å²) in [5, 5.41) is 0. The summed E-state index contributed by atoms with van der Waals surface area (Å²) in [6.45, 7) is 8.85. The number of unbranched alkanes of at least 4 members (excludes halogenated alkanes) is 18. The summed E-state index contributed by atoms with van der Waals surface area (Å²) in [4.78, 5) is 25.9. The van der Waals surface area contributed by atoms with Crippen LogP contribution in [-0.4, -0.2) is 88.5 Å². The fourth-order valence-corrected chi connectivity index (χ4v) is 6.04. The summed E-state index contributed by atoms with van der Waals surface area (Å²) < 4.78 is 12.9. The highest BCUT2D eigenvalue weighted by Gasteiger charge is 2.22. The molecular weight excluding hydrogens is 572 g/mol. The van der Waals surface area contributed by atoms with E-state index in [0.29, 0.717) is 13.2 Å². The number of rotatable bonds is 30. The Kier molecular flexibility index (Phi) is 23.9. The van der Waals surface area contributed by atoms with Crippen molar-refractivity contribution in [2.75, 3.05) is 67.6 Å². The predicted octanol–water partition coefficient (Wildman–Crippen LogP) is 9.99. The standard InChI is InChI=1S/C40H74N2O4/c1-7-9-11-13-15-17-19-21-23-27-31-41(3,4)33-35-45-39(43)37-29-25-26-30-38(37)40(44)46-36-34-42(5,6)32-28-24-22-20-18-16-14-12-10-8-2/h25-26,29-30H,7-24,27-28,31-36H2,1-6H3/q+2. The lowest BCUT2D eigenvalue weighted by molar-refractivity contribution is -0.890. The van der Waals surface area contributed by atoms with Crippen LogP contribution in [0.15, 0.2) is 24.3 Å². The number of esters is 2. The number of hydrogen-bond acceptors (Lipinski definition) is 4. The molecule has 0 radical (unpaired) electrons. The van der Waals surface area contributed by atoms with Crippen LogP contribution in [0.4, 0.5) is 0 Å². The molecule has 6 nitrogen and oxygen atoms in total. The molecule has 0 fully saturated rings. The molecule has 0 aliphatic rings. The predicted molar refractivity (Wildman–Crippen MR) is 194 cm³/mol. The quantitative estimate of drug-likeness (QED) is 0.0474. The second-order valence-electron chi connectivity index (χ2n) is 14.9. The lowest BCUT2D eigenvalue weighted by Crippen LogP contribution is -2.43. The molecule has 1 rings (SSSR count). The maximum atomic E-state index is 13.0. The summed E-state index contributed by atoms with van der Waals surface area (Å²) >= 11 is 0. The molecule has 0 atom stereocenters. The van der Waals surface area contributed by atoms with Crippen molar-refractivity contribution in [2.45, 2.75) is 142 Å². The molecule has 0 aliphatic heterocycles. The van der Waals surface area contributed by atoms with Crippen LogP contribution in [0.3, 0.4) is 0 Å². The topological polar surface area (TPSA) is 52.6 Å². The zero-order chi connectivity index (χ0) is 33.9. The maximum Gasteiger partial charge on any atom is 0.339 e. The largest absolute Gasteiger partial charge is 0.456 e. The minimum absolute atomic E-state index is 0.284. The zero-order valence-corrected chi connectivity index (χ0v) is 31.2. The lowest BCUT2D eigenvalue weighted by Gasteiger charge is -2.29. The zero-order valence-electron chi connectivity index (χ0n) is 31.2. The lowest BCUT2D eigenvalue weighted by atomic mass is 10.1. The first-order valence-corrected chi connectivity index (χ1v) is 19.2. The Balaban J connectivity index is 2.30. The smallest absolute Gasteiger partial charge is 0.339 e. The van der Waals surface area contributed by atoms with Crippen LogP contribution < -0.4 is 0 Å². The van der Waals surface area contributed by atoms with Crippen LogP contribution in [0.25, 0.3) is 0 Å². The molecule has 0 unspecified atom stereocenters. The van der Waals surface area contributed by atoms with Gasteiger partial charge in [0.25, 0.3) is 0 Å². The van der Waals surface area contributed by atoms with E-state index >= 15 is 0 Å². The van der Waals surface area contributed by atoms with Gasteiger partial charge in [-0.2, -0.15) is 0 Å². The molecular formula is C40H74N2O4+2. The summed E-state index contributed by atoms with van der Waals surface area (Å²) in [6, 6.07) is 6.86. The van der Waals surface area contributed by atoms with Gasteiger partial charge in [-0.25, -0.2) is 9.59 Å². The number of hydrogen-bond donors (Lipinski definition) is 0. The van der Waals surface area contributed by atoms with E-state index in [2.05, 4.69) is 42.0 Å². The average Bonchev–Trinajstić information content (AvgIpc) is 3.02. The molecule has 0 N–H and O–H groups in total. The van der Waals surface area contributed by atoms with Gasteiger partial charge in [0.15, 0.2) is 0 Å². The number of ether oxygens (including phenoxy) is 2. The van der Waals surface area contributed by atoms with Crippen LogP contribution in [-0.2, 0) is 9.47 Å². The Morgan fingerprint density at radius 1 is 0.457 bits per heavy atom. The van der Waals surface area contributed by atoms with E-state index in [9.17, 15) is 9.59 Å². The van der Waals surface area contributed by atoms with Gasteiger partial charge < -0.3 is 18.4 Å². The first-order valence-electron chi connectivity index (χ1n) is 19.2. The number of quaternary nitrogens is 2. The van der Waals surface area contributed by atoms with Gasteiger partial charge in [0.2, 0.25) is 0 Å². The van der Waals surface area contributed by atoms with Crippen molar-refractivity contribution in [1.82, 2.24) is 0 Å². The monoisotopic (exact) mass is 647 g/mol. The van der Waals surface area contributed by atoms with E-state index in [1.54, 1.807) is 24.3 Å². The van der Waals surface area contributed by atoms with Gasteiger partial charge in [-0.1, -0.05) is 129 Å². The normalized spacial score (nSPS) is 12.0. The first kappa shape index (κ1) is 42.1. The first-order chi connectivity index (χ1) is 22.1. The van der Waals surface area contributed by atoms with Crippen LogP contribution in [0.1, 0.15) is 163 Å². The highest BCUT2D eigenvalue weighted by molar-refractivity contribution is 6.03. The summed E-state index contributed by atoms with van der Waals surface area (Å²) in [5.74, 6) is -0.910. The van der Waals surface area contributed by atoms with E-state index < -0.39 is 11.9 Å². The molecule has 1 aromatic rings. The molecule has 0 aliphatic carbocycles. The van der Waals surface area contributed by atoms with Gasteiger partial charge in [-0.05, 0) is 37.8 Å². The Morgan fingerprint density at radius 2 is 0.739 bits per heavy atom. The van der Waals surface area contributed by atoms with Crippen molar-refractivity contribution >= 4 is 11.9 Å². The average molecular weight is 647 g/mol. The Labute approximate surface area is 284 Å². The van der Waals surface area contributed by atoms with Crippen LogP contribution >= 0.6 is 0 Å². The number of nitrogens with zero attached hydrogens (tertiary/aromatic N) is 2. The van der Waals surface area contributed by atoms with Crippen molar-refractivity contribution in [3.05, 3.63) is 35.4 Å². The van der Waals surface area contributed by atoms with E-state index in [-0.39, 0.29) is 11.1 Å². The summed E-state index contributed by atoms with van der Waals surface area (Å²) in [7, 11) is 8.79. The molecule has 0 aromatic heterocycles. The summed E-state index contributed by atoms with van der Waals surface area (Å²) in [6.07, 6.45) is 26.6. The molecule has 266 valence electrons. The van der Waals surface area contributed by atoms with Crippen molar-refractivity contribution in [1.29, 1.82) is 0 Å². The fourth-order valence-electron chi connectivity index (χ4n) is 6.04. The minimum Gasteiger partial charge on any atom is -0.456 e. The fraction of sp³-hybridized carbons (Fsp3) is 0.800. The maximum absolute atomic E-state index is 13.0. The van der Waals surface area contributed by atoms with E-state index in [1.807, 2.05) is 0 Å². The Hall–Kier alpha value is -1.92. The van der Waals surface area contributed by atoms with Crippen molar-refractivity contribution in [2.24, 2.45) is 0 Å². The number of carbonyl (C=O) groups is 2.